The Bertz CT molecular complexity index is 486. The van der Waals surface area contributed by atoms with Crippen molar-refractivity contribution in [1.29, 1.82) is 0 Å². The minimum absolute atomic E-state index is 0.280. The lowest BCUT2D eigenvalue weighted by Gasteiger charge is -2.20. The first-order valence-corrected chi connectivity index (χ1v) is 6.95. The fraction of sp³-hybridized carbons (Fsp3) is 0.533. The van der Waals surface area contributed by atoms with Crippen molar-refractivity contribution in [1.82, 2.24) is 4.90 Å². The van der Waals surface area contributed by atoms with Crippen LogP contribution >= 0.6 is 0 Å². The van der Waals surface area contributed by atoms with Crippen molar-refractivity contribution in [2.75, 3.05) is 19.7 Å². The predicted octanol–water partition coefficient (Wildman–Crippen LogP) is 1.71. The van der Waals surface area contributed by atoms with E-state index in [0.717, 1.165) is 51.1 Å². The zero-order valence-corrected chi connectivity index (χ0v) is 11.0. The number of hydrogen-bond donors (Lipinski definition) is 1. The van der Waals surface area contributed by atoms with Crippen LogP contribution in [0.15, 0.2) is 18.2 Å². The molecule has 1 saturated heterocycles. The Kier molecular flexibility index (Phi) is 3.42. The standard InChI is InChI=1S/C15H19NO3/c17-15(18)13-2-1-7-16(13)8-5-11-3-4-14-12(10-11)6-9-19-14/h3-4,10,13H,1-2,5-9H2,(H,17,18). The molecule has 0 aliphatic carbocycles. The number of carboxylic acid groups (broad SMARTS) is 1. The van der Waals surface area contributed by atoms with Gasteiger partial charge in [-0.05, 0) is 43.0 Å². The van der Waals surface area contributed by atoms with Gasteiger partial charge in [0, 0.05) is 13.0 Å². The summed E-state index contributed by atoms with van der Waals surface area (Å²) in [6.45, 7) is 2.52. The third kappa shape index (κ3) is 2.59. The van der Waals surface area contributed by atoms with E-state index in [1.165, 1.54) is 11.1 Å². The fourth-order valence-corrected chi connectivity index (χ4v) is 3.04. The van der Waals surface area contributed by atoms with E-state index >= 15 is 0 Å². The van der Waals surface area contributed by atoms with Gasteiger partial charge in [-0.1, -0.05) is 12.1 Å². The number of fused-ring (bicyclic) bond motifs is 1. The van der Waals surface area contributed by atoms with E-state index in [2.05, 4.69) is 17.0 Å². The molecule has 1 aromatic carbocycles. The lowest BCUT2D eigenvalue weighted by Crippen LogP contribution is -2.37. The molecule has 0 bridgehead atoms. The Morgan fingerprint density at radius 1 is 1.47 bits per heavy atom. The van der Waals surface area contributed by atoms with Gasteiger partial charge >= 0.3 is 5.97 Å². The molecule has 0 radical (unpaired) electrons. The van der Waals surface area contributed by atoms with Crippen molar-refractivity contribution >= 4 is 5.97 Å². The maximum absolute atomic E-state index is 11.1. The zero-order chi connectivity index (χ0) is 13.2. The summed E-state index contributed by atoms with van der Waals surface area (Å²) in [5, 5.41) is 9.15. The summed E-state index contributed by atoms with van der Waals surface area (Å²) in [7, 11) is 0. The van der Waals surface area contributed by atoms with Gasteiger partial charge in [0.1, 0.15) is 11.8 Å². The summed E-state index contributed by atoms with van der Waals surface area (Å²) in [5.74, 6) is 0.327. The first-order valence-electron chi connectivity index (χ1n) is 6.95. The topological polar surface area (TPSA) is 49.8 Å². The molecule has 2 heterocycles. The minimum atomic E-state index is -0.681. The van der Waals surface area contributed by atoms with Crippen LogP contribution in [0.25, 0.3) is 0 Å². The molecule has 0 amide bonds. The molecule has 1 aromatic rings. The Labute approximate surface area is 113 Å². The molecule has 0 aromatic heterocycles. The third-order valence-corrected chi connectivity index (χ3v) is 4.09. The molecule has 0 spiro atoms. The van der Waals surface area contributed by atoms with Crippen LogP contribution in [0.3, 0.4) is 0 Å². The number of carboxylic acids is 1. The van der Waals surface area contributed by atoms with Crippen molar-refractivity contribution in [2.45, 2.75) is 31.7 Å². The van der Waals surface area contributed by atoms with Crippen LogP contribution in [-0.4, -0.2) is 41.7 Å². The van der Waals surface area contributed by atoms with Crippen molar-refractivity contribution in [3.8, 4) is 5.75 Å². The summed E-state index contributed by atoms with van der Waals surface area (Å²) >= 11 is 0. The highest BCUT2D eigenvalue weighted by molar-refractivity contribution is 5.73. The summed E-state index contributed by atoms with van der Waals surface area (Å²) in [4.78, 5) is 13.2. The normalized spacial score (nSPS) is 22.2. The molecule has 19 heavy (non-hydrogen) atoms. The monoisotopic (exact) mass is 261 g/mol. The van der Waals surface area contributed by atoms with Gasteiger partial charge in [-0.2, -0.15) is 0 Å². The Balaban J connectivity index is 1.61. The van der Waals surface area contributed by atoms with E-state index in [-0.39, 0.29) is 6.04 Å². The number of rotatable bonds is 4. The average molecular weight is 261 g/mol. The molecule has 102 valence electrons. The van der Waals surface area contributed by atoms with E-state index in [9.17, 15) is 4.79 Å². The molecule has 2 aliphatic heterocycles. The largest absolute Gasteiger partial charge is 0.493 e. The zero-order valence-electron chi connectivity index (χ0n) is 11.0. The molecule has 1 unspecified atom stereocenters. The number of likely N-dealkylation sites (tertiary alicyclic amines) is 1. The average Bonchev–Trinajstić information content (AvgIpc) is 3.04. The molecule has 4 heteroatoms. The van der Waals surface area contributed by atoms with E-state index in [0.29, 0.717) is 0 Å². The van der Waals surface area contributed by atoms with Crippen LogP contribution in [0.2, 0.25) is 0 Å². The van der Waals surface area contributed by atoms with Crippen LogP contribution in [0.4, 0.5) is 0 Å². The second kappa shape index (κ2) is 5.21. The second-order valence-electron chi connectivity index (χ2n) is 5.32. The van der Waals surface area contributed by atoms with Crippen LogP contribution < -0.4 is 4.74 Å². The highest BCUT2D eigenvalue weighted by atomic mass is 16.5. The molecule has 3 rings (SSSR count). The third-order valence-electron chi connectivity index (χ3n) is 4.09. The molecule has 4 nitrogen and oxygen atoms in total. The SMILES string of the molecule is O=C(O)C1CCCN1CCc1ccc2c(c1)CCO2. The number of ether oxygens (including phenoxy) is 1. The van der Waals surface area contributed by atoms with Gasteiger partial charge in [-0.15, -0.1) is 0 Å². The summed E-state index contributed by atoms with van der Waals surface area (Å²) in [6.07, 6.45) is 3.68. The van der Waals surface area contributed by atoms with Gasteiger partial charge in [0.25, 0.3) is 0 Å². The lowest BCUT2D eigenvalue weighted by atomic mass is 10.1. The van der Waals surface area contributed by atoms with E-state index in [1.807, 2.05) is 6.07 Å². The van der Waals surface area contributed by atoms with Crippen LogP contribution in [0.5, 0.6) is 5.75 Å². The number of carbonyl (C=O) groups is 1. The Hall–Kier alpha value is -1.55. The van der Waals surface area contributed by atoms with Crippen LogP contribution in [0.1, 0.15) is 24.0 Å². The van der Waals surface area contributed by atoms with Gasteiger partial charge in [0.2, 0.25) is 0 Å². The van der Waals surface area contributed by atoms with Crippen molar-refractivity contribution < 1.29 is 14.6 Å². The first kappa shape index (κ1) is 12.5. The number of nitrogens with zero attached hydrogens (tertiary/aromatic N) is 1. The van der Waals surface area contributed by atoms with Gasteiger partial charge in [0.15, 0.2) is 0 Å². The molecule has 2 aliphatic rings. The lowest BCUT2D eigenvalue weighted by molar-refractivity contribution is -0.142. The van der Waals surface area contributed by atoms with Gasteiger partial charge in [-0.3, -0.25) is 9.69 Å². The minimum Gasteiger partial charge on any atom is -0.493 e. The van der Waals surface area contributed by atoms with Crippen molar-refractivity contribution in [3.05, 3.63) is 29.3 Å². The molecule has 1 N–H and O–H groups in total. The number of hydrogen-bond acceptors (Lipinski definition) is 3. The van der Waals surface area contributed by atoms with Gasteiger partial charge < -0.3 is 9.84 Å². The first-order chi connectivity index (χ1) is 9.24. The molecule has 1 atom stereocenters. The van der Waals surface area contributed by atoms with Gasteiger partial charge in [-0.25, -0.2) is 0 Å². The Morgan fingerprint density at radius 2 is 2.37 bits per heavy atom. The number of aliphatic carboxylic acids is 1. The maximum Gasteiger partial charge on any atom is 0.320 e. The second-order valence-corrected chi connectivity index (χ2v) is 5.32. The predicted molar refractivity (Wildman–Crippen MR) is 71.6 cm³/mol. The molecule has 1 fully saturated rings. The molecular weight excluding hydrogens is 242 g/mol. The van der Waals surface area contributed by atoms with Crippen molar-refractivity contribution in [2.24, 2.45) is 0 Å². The van der Waals surface area contributed by atoms with Crippen LogP contribution in [-0.2, 0) is 17.6 Å². The maximum atomic E-state index is 11.1. The smallest absolute Gasteiger partial charge is 0.320 e. The highest BCUT2D eigenvalue weighted by Crippen LogP contribution is 2.26. The van der Waals surface area contributed by atoms with Crippen LogP contribution in [0, 0.1) is 0 Å². The summed E-state index contributed by atoms with van der Waals surface area (Å²) in [6, 6.07) is 6.05. The fourth-order valence-electron chi connectivity index (χ4n) is 3.04. The highest BCUT2D eigenvalue weighted by Gasteiger charge is 2.29. The Morgan fingerprint density at radius 3 is 3.21 bits per heavy atom. The summed E-state index contributed by atoms with van der Waals surface area (Å²) in [5.41, 5.74) is 2.56. The van der Waals surface area contributed by atoms with Gasteiger partial charge in [0.05, 0.1) is 6.61 Å². The summed E-state index contributed by atoms with van der Waals surface area (Å²) < 4.78 is 5.49. The number of benzene rings is 1. The quantitative estimate of drug-likeness (QED) is 0.896. The van der Waals surface area contributed by atoms with E-state index in [4.69, 9.17) is 9.84 Å². The van der Waals surface area contributed by atoms with E-state index in [1.54, 1.807) is 0 Å². The van der Waals surface area contributed by atoms with Crippen molar-refractivity contribution in [3.63, 3.8) is 0 Å². The van der Waals surface area contributed by atoms with E-state index < -0.39 is 5.97 Å². The molecule has 0 saturated carbocycles. The molecular formula is C15H19NO3.